The SMILES string of the molecule is CN(C(=O)C(Cl)OC(=O)CCl)c1cc(CN2CCOCC2)ccc1NC(=O)CCl. The average Bonchev–Trinajstić information content (AvgIpc) is 2.74. The number of esters is 1. The fourth-order valence-corrected chi connectivity index (χ4v) is 3.10. The van der Waals surface area contributed by atoms with Crippen LogP contribution < -0.4 is 10.2 Å². The predicted octanol–water partition coefficient (Wildman–Crippen LogP) is 2.01. The number of alkyl halides is 3. The third-order valence-electron chi connectivity index (χ3n) is 4.20. The topological polar surface area (TPSA) is 88.2 Å². The number of halogens is 3. The van der Waals surface area contributed by atoms with E-state index in [-0.39, 0.29) is 5.88 Å². The molecule has 160 valence electrons. The number of morpholine rings is 1. The molecule has 0 aromatic heterocycles. The molecular weight excluding hydrogens is 445 g/mol. The van der Waals surface area contributed by atoms with Crippen LogP contribution in [0, 0.1) is 0 Å². The number of likely N-dealkylation sites (N-methyl/N-ethyl adjacent to an activating group) is 1. The summed E-state index contributed by atoms with van der Waals surface area (Å²) in [5.41, 5.74) is 0.150. The van der Waals surface area contributed by atoms with Crippen molar-refractivity contribution in [2.24, 2.45) is 0 Å². The summed E-state index contributed by atoms with van der Waals surface area (Å²) in [5, 5.41) is 2.65. The summed E-state index contributed by atoms with van der Waals surface area (Å²) in [5.74, 6) is -2.59. The Morgan fingerprint density at radius 2 is 1.93 bits per heavy atom. The molecule has 1 N–H and O–H groups in total. The van der Waals surface area contributed by atoms with E-state index in [9.17, 15) is 14.4 Å². The number of anilines is 2. The Bertz CT molecular complexity index is 743. The summed E-state index contributed by atoms with van der Waals surface area (Å²) in [6, 6.07) is 5.31. The van der Waals surface area contributed by atoms with E-state index in [1.807, 2.05) is 6.07 Å². The predicted molar refractivity (Wildman–Crippen MR) is 112 cm³/mol. The highest BCUT2D eigenvalue weighted by molar-refractivity contribution is 6.33. The van der Waals surface area contributed by atoms with Crippen molar-refractivity contribution >= 4 is 64.0 Å². The number of carbonyl (C=O) groups excluding carboxylic acids is 3. The number of hydrogen-bond acceptors (Lipinski definition) is 6. The number of nitrogens with zero attached hydrogens (tertiary/aromatic N) is 2. The number of rotatable bonds is 8. The molecule has 1 aromatic rings. The van der Waals surface area contributed by atoms with Crippen molar-refractivity contribution in [2.45, 2.75) is 12.1 Å². The fourth-order valence-electron chi connectivity index (χ4n) is 2.73. The molecule has 11 heteroatoms. The Hall–Kier alpha value is -1.58. The second kappa shape index (κ2) is 11.6. The van der Waals surface area contributed by atoms with Crippen LogP contribution in [0.25, 0.3) is 0 Å². The van der Waals surface area contributed by atoms with Gasteiger partial charge in [0, 0.05) is 26.7 Å². The second-order valence-electron chi connectivity index (χ2n) is 6.26. The van der Waals surface area contributed by atoms with E-state index in [0.29, 0.717) is 31.1 Å². The highest BCUT2D eigenvalue weighted by Gasteiger charge is 2.26. The quantitative estimate of drug-likeness (QED) is 0.466. The van der Waals surface area contributed by atoms with Crippen LogP contribution in [-0.4, -0.2) is 73.4 Å². The number of carbonyl (C=O) groups is 3. The van der Waals surface area contributed by atoms with Crippen molar-refractivity contribution in [1.82, 2.24) is 4.90 Å². The molecule has 0 spiro atoms. The Morgan fingerprint density at radius 3 is 2.55 bits per heavy atom. The molecule has 1 saturated heterocycles. The zero-order valence-corrected chi connectivity index (χ0v) is 18.1. The fraction of sp³-hybridized carbons (Fsp3) is 0.500. The standard InChI is InChI=1S/C18H22Cl3N3O5/c1-23(18(27)17(21)29-16(26)10-20)14-8-12(11-24-4-6-28-7-5-24)2-3-13(14)22-15(25)9-19/h2-3,8,17H,4-7,9-11H2,1H3,(H,22,25). The van der Waals surface area contributed by atoms with E-state index in [1.54, 1.807) is 12.1 Å². The summed E-state index contributed by atoms with van der Waals surface area (Å²) >= 11 is 16.9. The number of amides is 2. The lowest BCUT2D eigenvalue weighted by atomic mass is 10.1. The molecule has 8 nitrogen and oxygen atoms in total. The van der Waals surface area contributed by atoms with Crippen molar-refractivity contribution in [3.8, 4) is 0 Å². The van der Waals surface area contributed by atoms with Gasteiger partial charge in [0.15, 0.2) is 0 Å². The molecule has 1 atom stereocenters. The highest BCUT2D eigenvalue weighted by Crippen LogP contribution is 2.28. The van der Waals surface area contributed by atoms with Gasteiger partial charge in [0.2, 0.25) is 5.91 Å². The summed E-state index contributed by atoms with van der Waals surface area (Å²) in [4.78, 5) is 39.1. The number of ether oxygens (including phenoxy) is 2. The molecule has 0 aliphatic carbocycles. The summed E-state index contributed by atoms with van der Waals surface area (Å²) in [6.45, 7) is 3.57. The Morgan fingerprint density at radius 1 is 1.24 bits per heavy atom. The molecule has 1 heterocycles. The summed E-state index contributed by atoms with van der Waals surface area (Å²) in [6.07, 6.45) is 0. The third-order valence-corrected chi connectivity index (χ3v) is 4.93. The van der Waals surface area contributed by atoms with E-state index < -0.39 is 29.2 Å². The smallest absolute Gasteiger partial charge is 0.322 e. The second-order valence-corrected chi connectivity index (χ2v) is 7.19. The minimum Gasteiger partial charge on any atom is -0.435 e. The van der Waals surface area contributed by atoms with Gasteiger partial charge in [0.1, 0.15) is 11.8 Å². The van der Waals surface area contributed by atoms with Gasteiger partial charge >= 0.3 is 5.97 Å². The molecule has 1 aliphatic heterocycles. The van der Waals surface area contributed by atoms with Crippen molar-refractivity contribution < 1.29 is 23.9 Å². The van der Waals surface area contributed by atoms with E-state index >= 15 is 0 Å². The van der Waals surface area contributed by atoms with Gasteiger partial charge < -0.3 is 19.7 Å². The van der Waals surface area contributed by atoms with Crippen LogP contribution in [0.15, 0.2) is 18.2 Å². The van der Waals surface area contributed by atoms with E-state index in [1.165, 1.54) is 11.9 Å². The molecule has 2 amide bonds. The van der Waals surface area contributed by atoms with Gasteiger partial charge in [0.05, 0.1) is 24.6 Å². The first kappa shape index (κ1) is 23.7. The number of nitrogens with one attached hydrogen (secondary N) is 1. The molecule has 0 bridgehead atoms. The van der Waals surface area contributed by atoms with Crippen LogP contribution in [-0.2, 0) is 30.4 Å². The molecule has 2 rings (SSSR count). The third kappa shape index (κ3) is 7.01. The minimum atomic E-state index is -1.55. The first-order valence-corrected chi connectivity index (χ1v) is 10.3. The molecule has 1 unspecified atom stereocenters. The van der Waals surface area contributed by atoms with Crippen LogP contribution in [0.1, 0.15) is 5.56 Å². The van der Waals surface area contributed by atoms with Crippen LogP contribution in [0.2, 0.25) is 0 Å². The van der Waals surface area contributed by atoms with Crippen molar-refractivity contribution in [1.29, 1.82) is 0 Å². The van der Waals surface area contributed by atoms with Crippen LogP contribution in [0.5, 0.6) is 0 Å². The van der Waals surface area contributed by atoms with Crippen molar-refractivity contribution in [3.63, 3.8) is 0 Å². The molecule has 1 aliphatic rings. The Labute approximate surface area is 183 Å². The van der Waals surface area contributed by atoms with E-state index in [2.05, 4.69) is 10.2 Å². The van der Waals surface area contributed by atoms with Gasteiger partial charge in [-0.15, -0.1) is 23.2 Å². The first-order valence-electron chi connectivity index (χ1n) is 8.81. The van der Waals surface area contributed by atoms with Gasteiger partial charge in [-0.1, -0.05) is 17.7 Å². The maximum absolute atomic E-state index is 12.6. The van der Waals surface area contributed by atoms with Crippen molar-refractivity contribution in [2.75, 3.05) is 55.3 Å². The largest absolute Gasteiger partial charge is 0.435 e. The van der Waals surface area contributed by atoms with Gasteiger partial charge in [0.25, 0.3) is 11.5 Å². The zero-order chi connectivity index (χ0) is 21.4. The Kier molecular flexibility index (Phi) is 9.45. The number of hydrogen-bond donors (Lipinski definition) is 1. The highest BCUT2D eigenvalue weighted by atomic mass is 35.5. The van der Waals surface area contributed by atoms with E-state index in [0.717, 1.165) is 18.7 Å². The van der Waals surface area contributed by atoms with Crippen LogP contribution in [0.4, 0.5) is 11.4 Å². The normalized spacial score (nSPS) is 15.4. The van der Waals surface area contributed by atoms with Crippen LogP contribution in [0.3, 0.4) is 0 Å². The van der Waals surface area contributed by atoms with E-state index in [4.69, 9.17) is 44.3 Å². The molecule has 0 saturated carbocycles. The lowest BCUT2D eigenvalue weighted by Gasteiger charge is -2.28. The lowest BCUT2D eigenvalue weighted by molar-refractivity contribution is -0.147. The molecule has 1 aromatic carbocycles. The Balaban J connectivity index is 2.25. The first-order chi connectivity index (χ1) is 13.8. The van der Waals surface area contributed by atoms with Gasteiger partial charge in [-0.2, -0.15) is 0 Å². The molecule has 1 fully saturated rings. The summed E-state index contributed by atoms with van der Waals surface area (Å²) in [7, 11) is 1.47. The number of benzene rings is 1. The van der Waals surface area contributed by atoms with Gasteiger partial charge in [-0.3, -0.25) is 19.3 Å². The summed E-state index contributed by atoms with van der Waals surface area (Å²) < 4.78 is 10.1. The van der Waals surface area contributed by atoms with Gasteiger partial charge in [-0.05, 0) is 17.7 Å². The monoisotopic (exact) mass is 465 g/mol. The lowest BCUT2D eigenvalue weighted by Crippen LogP contribution is -2.37. The molecule has 29 heavy (non-hydrogen) atoms. The minimum absolute atomic E-state index is 0.238. The van der Waals surface area contributed by atoms with Crippen LogP contribution >= 0.6 is 34.8 Å². The maximum atomic E-state index is 12.6. The van der Waals surface area contributed by atoms with Crippen molar-refractivity contribution in [3.05, 3.63) is 23.8 Å². The molecular formula is C18H22Cl3N3O5. The molecule has 0 radical (unpaired) electrons. The average molecular weight is 467 g/mol. The zero-order valence-electron chi connectivity index (χ0n) is 15.8. The maximum Gasteiger partial charge on any atom is 0.322 e. The van der Waals surface area contributed by atoms with Gasteiger partial charge in [-0.25, -0.2) is 0 Å².